The molecule has 0 aromatic carbocycles. The van der Waals surface area contributed by atoms with Gasteiger partial charge in [-0.05, 0) is 12.8 Å². The summed E-state index contributed by atoms with van der Waals surface area (Å²) in [5.41, 5.74) is 0. The van der Waals surface area contributed by atoms with E-state index in [-0.39, 0.29) is 18.9 Å². The van der Waals surface area contributed by atoms with Crippen molar-refractivity contribution in [3.8, 4) is 0 Å². The first-order valence-electron chi connectivity index (χ1n) is 5.24. The summed E-state index contributed by atoms with van der Waals surface area (Å²) >= 11 is 0. The first-order chi connectivity index (χ1) is 7.65. The number of nitrogens with zero attached hydrogens (tertiary/aromatic N) is 1. The van der Waals surface area contributed by atoms with Gasteiger partial charge in [-0.25, -0.2) is 0 Å². The average molecular weight is 228 g/mol. The highest BCUT2D eigenvalue weighted by Crippen LogP contribution is 2.07. The van der Waals surface area contributed by atoms with Gasteiger partial charge in [0.1, 0.15) is 0 Å². The Labute approximate surface area is 93.5 Å². The smallest absolute Gasteiger partial charge is 0.248 e. The Morgan fingerprint density at radius 3 is 2.81 bits per heavy atom. The molecule has 90 valence electrons. The van der Waals surface area contributed by atoms with Gasteiger partial charge >= 0.3 is 0 Å². The van der Waals surface area contributed by atoms with E-state index in [4.69, 9.17) is 5.11 Å². The van der Waals surface area contributed by atoms with Crippen LogP contribution in [0.3, 0.4) is 0 Å². The lowest BCUT2D eigenvalue weighted by Gasteiger charge is -2.27. The highest BCUT2D eigenvalue weighted by atomic mass is 16.3. The van der Waals surface area contributed by atoms with Crippen LogP contribution in [0.5, 0.6) is 0 Å². The summed E-state index contributed by atoms with van der Waals surface area (Å²) in [6.07, 6.45) is 3.57. The molecule has 1 unspecified atom stereocenters. The molecule has 1 atom stereocenters. The molecule has 2 amide bonds. The minimum atomic E-state index is -1.28. The van der Waals surface area contributed by atoms with Crippen molar-refractivity contribution >= 4 is 11.8 Å². The van der Waals surface area contributed by atoms with Crippen LogP contribution in [-0.2, 0) is 9.59 Å². The Morgan fingerprint density at radius 1 is 1.44 bits per heavy atom. The number of unbranched alkanes of at least 4 members (excludes halogenated alkanes) is 2. The Bertz CT molecular complexity index is 291. The molecule has 0 fully saturated rings. The lowest BCUT2D eigenvalue weighted by atomic mass is 10.2. The average Bonchev–Trinajstić information content (AvgIpc) is 2.24. The number of carbonyl (C=O) groups is 2. The summed E-state index contributed by atoms with van der Waals surface area (Å²) in [6.45, 7) is 0.122. The van der Waals surface area contributed by atoms with Crippen LogP contribution in [0, 0.1) is 0 Å². The van der Waals surface area contributed by atoms with Crippen molar-refractivity contribution < 1.29 is 19.8 Å². The summed E-state index contributed by atoms with van der Waals surface area (Å²) in [5, 5.41) is 20.2. The molecule has 1 aliphatic rings. The first-order valence-corrected chi connectivity index (χ1v) is 5.24. The van der Waals surface area contributed by atoms with Crippen molar-refractivity contribution in [2.75, 3.05) is 6.61 Å². The Hall–Kier alpha value is -1.40. The third-order valence-corrected chi connectivity index (χ3v) is 2.26. The van der Waals surface area contributed by atoms with Crippen LogP contribution >= 0.6 is 0 Å². The number of carbonyl (C=O) groups excluding carboxylic acids is 2. The maximum atomic E-state index is 11.6. The van der Waals surface area contributed by atoms with E-state index in [1.165, 1.54) is 12.3 Å². The lowest BCUT2D eigenvalue weighted by molar-refractivity contribution is -0.142. The van der Waals surface area contributed by atoms with Crippen molar-refractivity contribution in [3.63, 3.8) is 0 Å². The number of nitrogens with one attached hydrogen (secondary N) is 1. The molecular formula is C10H16N2O4. The van der Waals surface area contributed by atoms with E-state index < -0.39 is 12.3 Å². The molecule has 6 heteroatoms. The van der Waals surface area contributed by atoms with Gasteiger partial charge in [-0.3, -0.25) is 14.5 Å². The van der Waals surface area contributed by atoms with Gasteiger partial charge in [-0.15, -0.1) is 0 Å². The fourth-order valence-corrected chi connectivity index (χ4v) is 1.39. The summed E-state index contributed by atoms with van der Waals surface area (Å²) in [7, 11) is 0. The number of aliphatic hydroxyl groups excluding tert-OH is 2. The van der Waals surface area contributed by atoms with Gasteiger partial charge in [-0.1, -0.05) is 6.42 Å². The van der Waals surface area contributed by atoms with Crippen LogP contribution < -0.4 is 5.32 Å². The minimum absolute atomic E-state index is 0.122. The third kappa shape index (κ3) is 3.63. The highest BCUT2D eigenvalue weighted by Gasteiger charge is 2.23. The van der Waals surface area contributed by atoms with E-state index in [2.05, 4.69) is 5.32 Å². The van der Waals surface area contributed by atoms with Gasteiger partial charge in [0.2, 0.25) is 18.2 Å². The maximum Gasteiger partial charge on any atom is 0.248 e. The number of amides is 2. The van der Waals surface area contributed by atoms with Crippen LogP contribution in [0.25, 0.3) is 0 Å². The molecule has 16 heavy (non-hydrogen) atoms. The van der Waals surface area contributed by atoms with Crippen molar-refractivity contribution in [2.24, 2.45) is 0 Å². The monoisotopic (exact) mass is 228 g/mol. The Balaban J connectivity index is 2.36. The number of aliphatic hydroxyl groups is 2. The molecule has 0 aliphatic carbocycles. The predicted octanol–water partition coefficient (Wildman–Crippen LogP) is -0.713. The molecule has 0 radical (unpaired) electrons. The van der Waals surface area contributed by atoms with E-state index in [0.717, 1.165) is 11.3 Å². The zero-order chi connectivity index (χ0) is 12.0. The Kier molecular flexibility index (Phi) is 4.94. The largest absolute Gasteiger partial charge is 0.396 e. The topological polar surface area (TPSA) is 89.9 Å². The highest BCUT2D eigenvalue weighted by molar-refractivity contribution is 5.90. The maximum absolute atomic E-state index is 11.6. The van der Waals surface area contributed by atoms with Crippen LogP contribution in [0.2, 0.25) is 0 Å². The number of hydrogen-bond donors (Lipinski definition) is 3. The zero-order valence-corrected chi connectivity index (χ0v) is 8.93. The van der Waals surface area contributed by atoms with E-state index in [1.54, 1.807) is 0 Å². The van der Waals surface area contributed by atoms with Crippen LogP contribution in [0.15, 0.2) is 12.3 Å². The normalized spacial score (nSPS) is 19.8. The molecule has 0 aromatic rings. The van der Waals surface area contributed by atoms with Crippen molar-refractivity contribution in [1.82, 2.24) is 10.2 Å². The molecule has 0 saturated carbocycles. The molecule has 1 rings (SSSR count). The third-order valence-electron chi connectivity index (χ3n) is 2.26. The van der Waals surface area contributed by atoms with Crippen LogP contribution in [0.1, 0.15) is 25.7 Å². The quantitative estimate of drug-likeness (QED) is 0.542. The molecule has 3 N–H and O–H groups in total. The van der Waals surface area contributed by atoms with Gasteiger partial charge in [-0.2, -0.15) is 0 Å². The van der Waals surface area contributed by atoms with Gasteiger partial charge in [0.25, 0.3) is 0 Å². The van der Waals surface area contributed by atoms with Crippen LogP contribution in [-0.4, -0.2) is 39.9 Å². The van der Waals surface area contributed by atoms with Gasteiger partial charge in [0, 0.05) is 25.3 Å². The van der Waals surface area contributed by atoms with E-state index >= 15 is 0 Å². The molecule has 6 nitrogen and oxygen atoms in total. The number of rotatable bonds is 5. The predicted molar refractivity (Wildman–Crippen MR) is 55.7 cm³/mol. The molecule has 0 spiro atoms. The molecular weight excluding hydrogens is 212 g/mol. The van der Waals surface area contributed by atoms with Crippen molar-refractivity contribution in [2.45, 2.75) is 32.0 Å². The van der Waals surface area contributed by atoms with Gasteiger partial charge in [0.05, 0.1) is 0 Å². The summed E-state index contributed by atoms with van der Waals surface area (Å²) in [5.74, 6) is -0.668. The minimum Gasteiger partial charge on any atom is -0.396 e. The fraction of sp³-hybridized carbons (Fsp3) is 0.600. The number of hydrogen-bond acceptors (Lipinski definition) is 4. The molecule has 1 heterocycles. The van der Waals surface area contributed by atoms with E-state index in [0.29, 0.717) is 12.8 Å². The molecule has 0 aromatic heterocycles. The van der Waals surface area contributed by atoms with Crippen LogP contribution in [0.4, 0.5) is 0 Å². The van der Waals surface area contributed by atoms with Crippen molar-refractivity contribution in [1.29, 1.82) is 0 Å². The van der Waals surface area contributed by atoms with Gasteiger partial charge in [0.15, 0.2) is 0 Å². The lowest BCUT2D eigenvalue weighted by Crippen LogP contribution is -2.50. The second-order valence-electron chi connectivity index (χ2n) is 3.53. The zero-order valence-electron chi connectivity index (χ0n) is 8.93. The van der Waals surface area contributed by atoms with E-state index in [9.17, 15) is 14.7 Å². The fourth-order valence-electron chi connectivity index (χ4n) is 1.39. The molecule has 1 aliphatic heterocycles. The second-order valence-corrected chi connectivity index (χ2v) is 3.53. The summed E-state index contributed by atoms with van der Waals surface area (Å²) in [6, 6.07) is 0. The Morgan fingerprint density at radius 2 is 2.19 bits per heavy atom. The standard InChI is InChI=1S/C10H16N2O4/c13-7-3-1-2-4-9(15)12-6-5-8(14)11-10(12)16/h5-6,10,13,16H,1-4,7H2,(H,11,14). The molecule has 0 bridgehead atoms. The second kappa shape index (κ2) is 6.24. The van der Waals surface area contributed by atoms with Gasteiger partial charge < -0.3 is 15.5 Å². The van der Waals surface area contributed by atoms with E-state index in [1.807, 2.05) is 0 Å². The van der Waals surface area contributed by atoms with Crippen molar-refractivity contribution in [3.05, 3.63) is 12.3 Å². The summed E-state index contributed by atoms with van der Waals surface area (Å²) < 4.78 is 0. The SMILES string of the molecule is O=C1C=CN(C(=O)CCCCCO)C(O)N1. The summed E-state index contributed by atoms with van der Waals surface area (Å²) in [4.78, 5) is 23.5. The molecule has 0 saturated heterocycles. The first kappa shape index (κ1) is 12.7.